The molecule has 0 heterocycles. The second-order valence-electron chi connectivity index (χ2n) is 4.80. The van der Waals surface area contributed by atoms with Gasteiger partial charge in [0.2, 0.25) is 15.9 Å². The Morgan fingerprint density at radius 3 is 2.25 bits per heavy atom. The van der Waals surface area contributed by atoms with E-state index in [0.29, 0.717) is 0 Å². The van der Waals surface area contributed by atoms with Crippen LogP contribution in [-0.2, 0) is 14.8 Å². The van der Waals surface area contributed by atoms with Gasteiger partial charge in [0, 0.05) is 0 Å². The van der Waals surface area contributed by atoms with Crippen LogP contribution in [0.3, 0.4) is 0 Å². The van der Waals surface area contributed by atoms with Crippen molar-refractivity contribution in [2.75, 3.05) is 12.8 Å². The first kappa shape index (κ1) is 16.6. The number of carbonyl (C=O) groups excluding carboxylic acids is 1. The fraction of sp³-hybridized carbons (Fsp3) is 0.462. The predicted octanol–water partition coefficient (Wildman–Crippen LogP) is 1.19. The highest BCUT2D eigenvalue weighted by atomic mass is 32.2. The Morgan fingerprint density at radius 1 is 1.25 bits per heavy atom. The molecule has 0 spiro atoms. The fourth-order valence-corrected chi connectivity index (χ4v) is 2.34. The van der Waals surface area contributed by atoms with E-state index in [4.69, 9.17) is 0 Å². The van der Waals surface area contributed by atoms with E-state index in [-0.39, 0.29) is 17.8 Å². The Balaban J connectivity index is 2.83. The minimum Gasteiger partial charge on any atom is -0.348 e. The first-order valence-corrected chi connectivity index (χ1v) is 7.86. The molecule has 20 heavy (non-hydrogen) atoms. The fourth-order valence-electron chi connectivity index (χ4n) is 1.76. The quantitative estimate of drug-likeness (QED) is 0.829. The largest absolute Gasteiger partial charge is 0.348 e. The van der Waals surface area contributed by atoms with E-state index in [2.05, 4.69) is 10.0 Å². The average molecular weight is 302 g/mol. The molecule has 1 aromatic carbocycles. The van der Waals surface area contributed by atoms with Crippen LogP contribution in [0.5, 0.6) is 0 Å². The van der Waals surface area contributed by atoms with Gasteiger partial charge in [0.05, 0.1) is 6.04 Å². The minimum absolute atomic E-state index is 0.0432. The molecule has 0 saturated carbocycles. The first-order chi connectivity index (χ1) is 9.25. The molecule has 0 aliphatic rings. The van der Waals surface area contributed by atoms with Crippen molar-refractivity contribution in [3.8, 4) is 0 Å². The van der Waals surface area contributed by atoms with Crippen LogP contribution >= 0.6 is 0 Å². The molecule has 0 unspecified atom stereocenters. The summed E-state index contributed by atoms with van der Waals surface area (Å²) in [5.41, 5.74) is 0.733. The molecular formula is C13H19FN2O3S. The number of sulfonamides is 1. The van der Waals surface area contributed by atoms with Crippen molar-refractivity contribution in [3.05, 3.63) is 35.6 Å². The van der Waals surface area contributed by atoms with Crippen LogP contribution in [0.2, 0.25) is 0 Å². The SMILES string of the molecule is CNS(=O)(=O)CC(=O)N[C@H](c1ccc(F)cc1)C(C)C. The lowest BCUT2D eigenvalue weighted by Crippen LogP contribution is -2.38. The normalized spacial score (nSPS) is 13.2. The van der Waals surface area contributed by atoms with E-state index < -0.39 is 21.7 Å². The number of amides is 1. The van der Waals surface area contributed by atoms with Crippen molar-refractivity contribution in [1.82, 2.24) is 10.0 Å². The molecule has 7 heteroatoms. The number of hydrogen-bond donors (Lipinski definition) is 2. The summed E-state index contributed by atoms with van der Waals surface area (Å²) in [5.74, 6) is -1.54. The maximum absolute atomic E-state index is 12.9. The van der Waals surface area contributed by atoms with Gasteiger partial charge in [-0.05, 0) is 30.7 Å². The molecule has 1 atom stereocenters. The molecule has 5 nitrogen and oxygen atoms in total. The van der Waals surface area contributed by atoms with Gasteiger partial charge in [-0.3, -0.25) is 4.79 Å². The third kappa shape index (κ3) is 4.90. The number of carbonyl (C=O) groups is 1. The average Bonchev–Trinajstić information content (AvgIpc) is 2.36. The number of nitrogens with one attached hydrogen (secondary N) is 2. The lowest BCUT2D eigenvalue weighted by Gasteiger charge is -2.23. The molecule has 0 aliphatic carbocycles. The maximum atomic E-state index is 12.9. The van der Waals surface area contributed by atoms with Crippen molar-refractivity contribution < 1.29 is 17.6 Å². The van der Waals surface area contributed by atoms with Crippen molar-refractivity contribution in [2.24, 2.45) is 5.92 Å². The maximum Gasteiger partial charge on any atom is 0.237 e. The molecule has 112 valence electrons. The Hall–Kier alpha value is -1.47. The number of hydrogen-bond acceptors (Lipinski definition) is 3. The van der Waals surface area contributed by atoms with Gasteiger partial charge in [-0.15, -0.1) is 0 Å². The van der Waals surface area contributed by atoms with Crippen LogP contribution in [0.4, 0.5) is 4.39 Å². The van der Waals surface area contributed by atoms with E-state index in [1.54, 1.807) is 12.1 Å². The van der Waals surface area contributed by atoms with Crippen LogP contribution in [0.25, 0.3) is 0 Å². The summed E-state index contributed by atoms with van der Waals surface area (Å²) in [4.78, 5) is 11.8. The third-order valence-corrected chi connectivity index (χ3v) is 4.11. The highest BCUT2D eigenvalue weighted by molar-refractivity contribution is 7.90. The van der Waals surface area contributed by atoms with Crippen molar-refractivity contribution in [1.29, 1.82) is 0 Å². The standard InChI is InChI=1S/C13H19FN2O3S/c1-9(2)13(10-4-6-11(14)7-5-10)16-12(17)8-20(18,19)15-3/h4-7,9,13,15H,8H2,1-3H3,(H,16,17)/t13-/m0/s1. The molecule has 1 amide bonds. The van der Waals surface area contributed by atoms with E-state index in [1.165, 1.54) is 19.2 Å². The lowest BCUT2D eigenvalue weighted by atomic mass is 9.96. The van der Waals surface area contributed by atoms with Gasteiger partial charge in [-0.2, -0.15) is 0 Å². The van der Waals surface area contributed by atoms with E-state index >= 15 is 0 Å². The first-order valence-electron chi connectivity index (χ1n) is 6.21. The van der Waals surface area contributed by atoms with Gasteiger partial charge in [0.25, 0.3) is 0 Å². The molecule has 0 saturated heterocycles. The molecule has 2 N–H and O–H groups in total. The van der Waals surface area contributed by atoms with E-state index in [1.807, 2.05) is 13.8 Å². The monoisotopic (exact) mass is 302 g/mol. The van der Waals surface area contributed by atoms with Gasteiger partial charge in [0.15, 0.2) is 0 Å². The van der Waals surface area contributed by atoms with Crippen molar-refractivity contribution in [3.63, 3.8) is 0 Å². The number of benzene rings is 1. The van der Waals surface area contributed by atoms with E-state index in [9.17, 15) is 17.6 Å². The van der Waals surface area contributed by atoms with Gasteiger partial charge in [-0.25, -0.2) is 17.5 Å². The molecule has 1 aromatic rings. The zero-order valence-electron chi connectivity index (χ0n) is 11.7. The van der Waals surface area contributed by atoms with Crippen LogP contribution in [0.1, 0.15) is 25.5 Å². The zero-order valence-corrected chi connectivity index (χ0v) is 12.5. The van der Waals surface area contributed by atoms with Gasteiger partial charge in [0.1, 0.15) is 11.6 Å². The van der Waals surface area contributed by atoms with Gasteiger partial charge < -0.3 is 5.32 Å². The Morgan fingerprint density at radius 2 is 1.80 bits per heavy atom. The Kier molecular flexibility index (Phi) is 5.64. The van der Waals surface area contributed by atoms with Gasteiger partial charge in [-0.1, -0.05) is 26.0 Å². The van der Waals surface area contributed by atoms with Crippen molar-refractivity contribution >= 4 is 15.9 Å². The summed E-state index contributed by atoms with van der Waals surface area (Å²) in [7, 11) is -2.35. The third-order valence-electron chi connectivity index (χ3n) is 2.84. The van der Waals surface area contributed by atoms with Crippen LogP contribution in [0, 0.1) is 11.7 Å². The highest BCUT2D eigenvalue weighted by Gasteiger charge is 2.21. The molecule has 0 fully saturated rings. The summed E-state index contributed by atoms with van der Waals surface area (Å²) in [6.45, 7) is 3.78. The minimum atomic E-state index is -3.60. The smallest absolute Gasteiger partial charge is 0.237 e. The van der Waals surface area contributed by atoms with Crippen LogP contribution in [-0.4, -0.2) is 27.1 Å². The zero-order chi connectivity index (χ0) is 15.3. The van der Waals surface area contributed by atoms with E-state index in [0.717, 1.165) is 5.56 Å². The second-order valence-corrected chi connectivity index (χ2v) is 6.73. The molecule has 1 rings (SSSR count). The van der Waals surface area contributed by atoms with Crippen molar-refractivity contribution in [2.45, 2.75) is 19.9 Å². The number of rotatable bonds is 6. The predicted molar refractivity (Wildman–Crippen MR) is 75.0 cm³/mol. The Bertz CT molecular complexity index is 555. The van der Waals surface area contributed by atoms with Crippen LogP contribution < -0.4 is 10.0 Å². The van der Waals surface area contributed by atoms with Gasteiger partial charge >= 0.3 is 0 Å². The Labute approximate surface area is 118 Å². The summed E-state index contributed by atoms with van der Waals surface area (Å²) in [6.07, 6.45) is 0. The summed E-state index contributed by atoms with van der Waals surface area (Å²) in [6, 6.07) is 5.40. The summed E-state index contributed by atoms with van der Waals surface area (Å²) in [5, 5.41) is 2.66. The molecule has 0 aromatic heterocycles. The summed E-state index contributed by atoms with van der Waals surface area (Å²) < 4.78 is 37.6. The molecule has 0 radical (unpaired) electrons. The summed E-state index contributed by atoms with van der Waals surface area (Å²) >= 11 is 0. The molecule has 0 aliphatic heterocycles. The van der Waals surface area contributed by atoms with Crippen LogP contribution in [0.15, 0.2) is 24.3 Å². The topological polar surface area (TPSA) is 75.3 Å². The highest BCUT2D eigenvalue weighted by Crippen LogP contribution is 2.21. The molecular weight excluding hydrogens is 283 g/mol. The second kappa shape index (κ2) is 6.81. The lowest BCUT2D eigenvalue weighted by molar-refractivity contribution is -0.119. The number of halogens is 1. The molecule has 0 bridgehead atoms.